The van der Waals surface area contributed by atoms with Crippen LogP contribution < -0.4 is 5.32 Å². The molecule has 0 fully saturated rings. The third kappa shape index (κ3) is 3.40. The van der Waals surface area contributed by atoms with E-state index in [1.165, 1.54) is 23.2 Å². The molecule has 0 saturated heterocycles. The number of amides is 2. The minimum atomic E-state index is -0.167. The average molecular weight is 403 g/mol. The number of rotatable bonds is 3. The standard InChI is InChI=1S/C22H17N3O3S/c26-21(15-4-6-18-20(11-15)29-13-23-18)24-17-5-3-14-7-8-25(12-16(14)10-17)22(27)19-2-1-9-28-19/h1-6,9-11,13H,7-8,12H2,(H,24,26). The van der Waals surface area contributed by atoms with Gasteiger partial charge in [0.2, 0.25) is 0 Å². The summed E-state index contributed by atoms with van der Waals surface area (Å²) >= 11 is 1.51. The summed E-state index contributed by atoms with van der Waals surface area (Å²) in [5, 5.41) is 2.96. The summed E-state index contributed by atoms with van der Waals surface area (Å²) in [6.07, 6.45) is 2.28. The van der Waals surface area contributed by atoms with Crippen molar-refractivity contribution in [2.24, 2.45) is 0 Å². The fourth-order valence-corrected chi connectivity index (χ4v) is 4.28. The molecule has 0 saturated carbocycles. The highest BCUT2D eigenvalue weighted by molar-refractivity contribution is 7.16. The molecule has 6 nitrogen and oxygen atoms in total. The summed E-state index contributed by atoms with van der Waals surface area (Å²) in [5.41, 5.74) is 6.19. The van der Waals surface area contributed by atoms with Gasteiger partial charge < -0.3 is 14.6 Å². The zero-order valence-electron chi connectivity index (χ0n) is 15.4. The van der Waals surface area contributed by atoms with E-state index in [0.717, 1.165) is 22.2 Å². The van der Waals surface area contributed by atoms with Crippen LogP contribution in [-0.4, -0.2) is 28.2 Å². The number of thiazole rings is 1. The second kappa shape index (κ2) is 7.18. The number of hydrogen-bond acceptors (Lipinski definition) is 5. The number of anilines is 1. The van der Waals surface area contributed by atoms with Crippen LogP contribution in [0.3, 0.4) is 0 Å². The van der Waals surface area contributed by atoms with Crippen LogP contribution in [-0.2, 0) is 13.0 Å². The molecule has 29 heavy (non-hydrogen) atoms. The Hall–Kier alpha value is -3.45. The predicted octanol–water partition coefficient (Wildman–Crippen LogP) is 4.34. The number of aromatic nitrogens is 1. The Bertz CT molecular complexity index is 1210. The maximum Gasteiger partial charge on any atom is 0.289 e. The zero-order chi connectivity index (χ0) is 19.8. The van der Waals surface area contributed by atoms with Gasteiger partial charge in [-0.15, -0.1) is 11.3 Å². The average Bonchev–Trinajstić information content (AvgIpc) is 3.44. The molecule has 0 spiro atoms. The van der Waals surface area contributed by atoms with E-state index < -0.39 is 0 Å². The summed E-state index contributed by atoms with van der Waals surface area (Å²) in [4.78, 5) is 31.2. The Morgan fingerprint density at radius 3 is 2.90 bits per heavy atom. The number of nitrogens with one attached hydrogen (secondary N) is 1. The van der Waals surface area contributed by atoms with E-state index in [1.54, 1.807) is 28.6 Å². The number of fused-ring (bicyclic) bond motifs is 2. The van der Waals surface area contributed by atoms with Gasteiger partial charge in [-0.3, -0.25) is 9.59 Å². The van der Waals surface area contributed by atoms with Crippen molar-refractivity contribution >= 4 is 39.1 Å². The minimum absolute atomic E-state index is 0.118. The Labute approximate surface area is 170 Å². The summed E-state index contributed by atoms with van der Waals surface area (Å²) in [6, 6.07) is 14.7. The van der Waals surface area contributed by atoms with Crippen LogP contribution in [0.4, 0.5) is 5.69 Å². The monoisotopic (exact) mass is 403 g/mol. The molecular weight excluding hydrogens is 386 g/mol. The van der Waals surface area contributed by atoms with Gasteiger partial charge in [-0.05, 0) is 60.0 Å². The molecule has 2 amide bonds. The van der Waals surface area contributed by atoms with Crippen molar-refractivity contribution in [2.75, 3.05) is 11.9 Å². The second-order valence-electron chi connectivity index (χ2n) is 6.93. The smallest absolute Gasteiger partial charge is 0.289 e. The lowest BCUT2D eigenvalue weighted by atomic mass is 9.98. The highest BCUT2D eigenvalue weighted by atomic mass is 32.1. The van der Waals surface area contributed by atoms with Gasteiger partial charge in [0.05, 0.1) is 22.0 Å². The van der Waals surface area contributed by atoms with Crippen molar-refractivity contribution in [1.82, 2.24) is 9.88 Å². The molecular formula is C22H17N3O3S. The minimum Gasteiger partial charge on any atom is -0.459 e. The maximum absolute atomic E-state index is 12.7. The van der Waals surface area contributed by atoms with Crippen LogP contribution in [0.25, 0.3) is 10.2 Å². The highest BCUT2D eigenvalue weighted by Gasteiger charge is 2.23. The Balaban J connectivity index is 1.34. The molecule has 5 rings (SSSR count). The molecule has 2 aromatic carbocycles. The first-order valence-electron chi connectivity index (χ1n) is 9.26. The molecule has 2 aromatic heterocycles. The summed E-state index contributed by atoms with van der Waals surface area (Å²) in [5.74, 6) is 0.0592. The van der Waals surface area contributed by atoms with E-state index in [2.05, 4.69) is 10.3 Å². The molecule has 3 heterocycles. The van der Waals surface area contributed by atoms with Gasteiger partial charge in [-0.1, -0.05) is 6.07 Å². The van der Waals surface area contributed by atoms with Crippen LogP contribution in [0.15, 0.2) is 64.7 Å². The number of nitrogens with zero attached hydrogens (tertiary/aromatic N) is 2. The molecule has 0 aliphatic carbocycles. The van der Waals surface area contributed by atoms with E-state index in [-0.39, 0.29) is 11.8 Å². The van der Waals surface area contributed by atoms with E-state index >= 15 is 0 Å². The fraction of sp³-hybridized carbons (Fsp3) is 0.136. The van der Waals surface area contributed by atoms with Crippen molar-refractivity contribution in [3.63, 3.8) is 0 Å². The molecule has 4 aromatic rings. The van der Waals surface area contributed by atoms with Crippen molar-refractivity contribution in [2.45, 2.75) is 13.0 Å². The normalized spacial score (nSPS) is 13.3. The van der Waals surface area contributed by atoms with Gasteiger partial charge in [0.25, 0.3) is 11.8 Å². The highest BCUT2D eigenvalue weighted by Crippen LogP contribution is 2.25. The van der Waals surface area contributed by atoms with Gasteiger partial charge in [-0.25, -0.2) is 4.98 Å². The van der Waals surface area contributed by atoms with E-state index in [0.29, 0.717) is 30.1 Å². The fourth-order valence-electron chi connectivity index (χ4n) is 3.56. The SMILES string of the molecule is O=C(Nc1ccc2c(c1)CN(C(=O)c1ccco1)CC2)c1ccc2ncsc2c1. The van der Waals surface area contributed by atoms with Gasteiger partial charge in [0.1, 0.15) is 0 Å². The van der Waals surface area contributed by atoms with Crippen LogP contribution in [0, 0.1) is 0 Å². The molecule has 0 bridgehead atoms. The molecule has 0 unspecified atom stereocenters. The predicted molar refractivity (Wildman–Crippen MR) is 111 cm³/mol. The lowest BCUT2D eigenvalue weighted by molar-refractivity contribution is 0.0702. The third-order valence-electron chi connectivity index (χ3n) is 5.09. The van der Waals surface area contributed by atoms with Crippen molar-refractivity contribution < 1.29 is 14.0 Å². The van der Waals surface area contributed by atoms with Crippen LogP contribution in [0.1, 0.15) is 32.0 Å². The van der Waals surface area contributed by atoms with Crippen LogP contribution in [0.2, 0.25) is 0 Å². The van der Waals surface area contributed by atoms with Gasteiger partial charge >= 0.3 is 0 Å². The lowest BCUT2D eigenvalue weighted by Crippen LogP contribution is -2.35. The van der Waals surface area contributed by atoms with Crippen molar-refractivity contribution in [3.05, 3.63) is 82.8 Å². The Morgan fingerprint density at radius 1 is 1.10 bits per heavy atom. The maximum atomic E-state index is 12.7. The van der Waals surface area contributed by atoms with Crippen LogP contribution in [0.5, 0.6) is 0 Å². The number of carbonyl (C=O) groups excluding carboxylic acids is 2. The molecule has 1 aliphatic heterocycles. The van der Waals surface area contributed by atoms with Gasteiger partial charge in [0, 0.05) is 24.3 Å². The van der Waals surface area contributed by atoms with E-state index in [9.17, 15) is 9.59 Å². The topological polar surface area (TPSA) is 75.4 Å². The largest absolute Gasteiger partial charge is 0.459 e. The number of benzene rings is 2. The van der Waals surface area contributed by atoms with Crippen molar-refractivity contribution in [1.29, 1.82) is 0 Å². The third-order valence-corrected chi connectivity index (χ3v) is 5.88. The van der Waals surface area contributed by atoms with E-state index in [1.807, 2.05) is 30.3 Å². The second-order valence-corrected chi connectivity index (χ2v) is 7.81. The summed E-state index contributed by atoms with van der Waals surface area (Å²) in [7, 11) is 0. The molecule has 0 radical (unpaired) electrons. The van der Waals surface area contributed by atoms with Crippen molar-refractivity contribution in [3.8, 4) is 0 Å². The quantitative estimate of drug-likeness (QED) is 0.552. The Kier molecular flexibility index (Phi) is 4.37. The molecule has 0 atom stereocenters. The first-order valence-corrected chi connectivity index (χ1v) is 10.1. The molecule has 7 heteroatoms. The first-order chi connectivity index (χ1) is 14.2. The van der Waals surface area contributed by atoms with Gasteiger partial charge in [-0.2, -0.15) is 0 Å². The van der Waals surface area contributed by atoms with Gasteiger partial charge in [0.15, 0.2) is 5.76 Å². The Morgan fingerprint density at radius 2 is 2.03 bits per heavy atom. The first kappa shape index (κ1) is 17.6. The van der Waals surface area contributed by atoms with Crippen LogP contribution >= 0.6 is 11.3 Å². The lowest BCUT2D eigenvalue weighted by Gasteiger charge is -2.28. The van der Waals surface area contributed by atoms with E-state index in [4.69, 9.17) is 4.42 Å². The number of furan rings is 1. The number of carbonyl (C=O) groups is 2. The number of hydrogen-bond donors (Lipinski definition) is 1. The molecule has 1 N–H and O–H groups in total. The zero-order valence-corrected chi connectivity index (χ0v) is 16.2. The summed E-state index contributed by atoms with van der Waals surface area (Å²) in [6.45, 7) is 1.14. The molecule has 1 aliphatic rings. The summed E-state index contributed by atoms with van der Waals surface area (Å²) < 4.78 is 6.22. The molecule has 144 valence electrons.